The smallest absolute Gasteiger partial charge is 0.303 e. The normalized spacial score (nSPS) is 20.4. The van der Waals surface area contributed by atoms with Crippen LogP contribution in [0.2, 0.25) is 0 Å². The van der Waals surface area contributed by atoms with E-state index in [1.54, 1.807) is 7.11 Å². The number of likely N-dealkylation sites (tertiary alicyclic amines) is 1. The summed E-state index contributed by atoms with van der Waals surface area (Å²) in [4.78, 5) is 33.9. The number of benzene rings is 1. The molecule has 0 saturated carbocycles. The molecule has 1 saturated heterocycles. The summed E-state index contributed by atoms with van der Waals surface area (Å²) >= 11 is 0. The van der Waals surface area contributed by atoms with E-state index in [2.05, 4.69) is 9.97 Å². The van der Waals surface area contributed by atoms with Gasteiger partial charge in [0.2, 0.25) is 5.91 Å². The van der Waals surface area contributed by atoms with Crippen molar-refractivity contribution in [2.45, 2.75) is 40.0 Å². The van der Waals surface area contributed by atoms with Crippen LogP contribution in [0.4, 0.5) is 0 Å². The fraction of sp³-hybridized carbons (Fsp3) is 0.571. The molecule has 1 amide bonds. The molecule has 0 unspecified atom stereocenters. The van der Waals surface area contributed by atoms with E-state index in [1.165, 1.54) is 0 Å². The van der Waals surface area contributed by atoms with Crippen LogP contribution in [0.1, 0.15) is 39.4 Å². The summed E-state index contributed by atoms with van der Waals surface area (Å²) < 4.78 is 5.26. The number of carboxylic acid groups (broad SMARTS) is 1. The Balaban J connectivity index is 1.81. The van der Waals surface area contributed by atoms with Crippen LogP contribution in [0.25, 0.3) is 11.0 Å². The second-order valence-electron chi connectivity index (χ2n) is 8.68. The number of H-pyrrole nitrogens is 1. The molecule has 1 fully saturated rings. The number of nitrogens with zero attached hydrogens (tertiary/aromatic N) is 2. The van der Waals surface area contributed by atoms with E-state index >= 15 is 0 Å². The number of aromatic nitrogens is 2. The zero-order valence-electron chi connectivity index (χ0n) is 17.0. The molecule has 28 heavy (non-hydrogen) atoms. The zero-order chi connectivity index (χ0) is 20.5. The van der Waals surface area contributed by atoms with Gasteiger partial charge in [0.15, 0.2) is 0 Å². The minimum atomic E-state index is -0.792. The van der Waals surface area contributed by atoms with Crippen molar-refractivity contribution in [1.29, 1.82) is 0 Å². The Hall–Kier alpha value is -2.57. The van der Waals surface area contributed by atoms with Crippen LogP contribution in [0.15, 0.2) is 18.2 Å². The fourth-order valence-electron chi connectivity index (χ4n) is 3.98. The maximum atomic E-state index is 12.7. The number of piperidine rings is 1. The number of rotatable bonds is 5. The number of hydrogen-bond donors (Lipinski definition) is 2. The first-order valence-electron chi connectivity index (χ1n) is 9.71. The number of imidazole rings is 1. The number of aliphatic carboxylic acids is 1. The van der Waals surface area contributed by atoms with E-state index in [-0.39, 0.29) is 24.2 Å². The molecule has 1 aromatic heterocycles. The highest BCUT2D eigenvalue weighted by Crippen LogP contribution is 2.32. The number of aromatic amines is 1. The Morgan fingerprint density at radius 1 is 1.32 bits per heavy atom. The number of fused-ring (bicyclic) bond motifs is 1. The van der Waals surface area contributed by atoms with Gasteiger partial charge in [-0.3, -0.25) is 9.59 Å². The van der Waals surface area contributed by atoms with E-state index in [9.17, 15) is 14.7 Å². The molecule has 7 heteroatoms. The molecule has 0 radical (unpaired) electrons. The standard InChI is InChI=1S/C21H29N3O4/c1-21(2,3)20(27)24-8-7-13(10-19(25)26)14(12-24)9-18-22-16-6-5-15(28-4)11-17(16)23-18/h5-6,11,13-14H,7-10,12H2,1-4H3,(H,22,23)(H,25,26)/t13-,14-/m0/s1. The molecule has 0 bridgehead atoms. The van der Waals surface area contributed by atoms with Crippen molar-refractivity contribution in [1.82, 2.24) is 14.9 Å². The molecule has 0 spiro atoms. The van der Waals surface area contributed by atoms with Crippen molar-refractivity contribution in [3.63, 3.8) is 0 Å². The van der Waals surface area contributed by atoms with E-state index in [0.29, 0.717) is 25.9 Å². The SMILES string of the molecule is COc1ccc2nc(C[C@H]3CN(C(=O)C(C)(C)C)CC[C@H]3CC(=O)O)[nH]c2c1. The molecule has 2 aromatic rings. The molecule has 1 aliphatic rings. The third kappa shape index (κ3) is 4.46. The molecular formula is C21H29N3O4. The summed E-state index contributed by atoms with van der Waals surface area (Å²) in [5.74, 6) is 0.975. The number of nitrogens with one attached hydrogen (secondary N) is 1. The van der Waals surface area contributed by atoms with Gasteiger partial charge in [0.25, 0.3) is 0 Å². The van der Waals surface area contributed by atoms with Gasteiger partial charge in [-0.2, -0.15) is 0 Å². The molecule has 3 rings (SSSR count). The molecule has 7 nitrogen and oxygen atoms in total. The Bertz CT molecular complexity index is 868. The summed E-state index contributed by atoms with van der Waals surface area (Å²) in [5.41, 5.74) is 1.30. The summed E-state index contributed by atoms with van der Waals surface area (Å²) in [6.07, 6.45) is 1.44. The molecule has 2 heterocycles. The molecular weight excluding hydrogens is 358 g/mol. The number of carbonyl (C=O) groups excluding carboxylic acids is 1. The fourth-order valence-corrected chi connectivity index (χ4v) is 3.98. The van der Waals surface area contributed by atoms with Crippen molar-refractivity contribution < 1.29 is 19.4 Å². The zero-order valence-corrected chi connectivity index (χ0v) is 17.0. The number of hydrogen-bond acceptors (Lipinski definition) is 4. The first-order chi connectivity index (χ1) is 13.2. The molecule has 2 atom stereocenters. The minimum absolute atomic E-state index is 0.0317. The second-order valence-corrected chi connectivity index (χ2v) is 8.68. The molecule has 152 valence electrons. The predicted molar refractivity (Wildman–Crippen MR) is 106 cm³/mol. The lowest BCUT2D eigenvalue weighted by atomic mass is 9.80. The number of amides is 1. The van der Waals surface area contributed by atoms with Gasteiger partial charge in [0.05, 0.1) is 18.1 Å². The predicted octanol–water partition coefficient (Wildman–Crippen LogP) is 3.10. The summed E-state index contributed by atoms with van der Waals surface area (Å²) in [6.45, 7) is 6.93. The monoisotopic (exact) mass is 387 g/mol. The summed E-state index contributed by atoms with van der Waals surface area (Å²) in [6, 6.07) is 5.67. The van der Waals surface area contributed by atoms with Crippen molar-refractivity contribution in [2.75, 3.05) is 20.2 Å². The highest BCUT2D eigenvalue weighted by Gasteiger charge is 2.36. The summed E-state index contributed by atoms with van der Waals surface area (Å²) in [5, 5.41) is 9.31. The average Bonchev–Trinajstić information content (AvgIpc) is 3.02. The van der Waals surface area contributed by atoms with Crippen molar-refractivity contribution in [2.24, 2.45) is 17.3 Å². The number of methoxy groups -OCH3 is 1. The summed E-state index contributed by atoms with van der Waals surface area (Å²) in [7, 11) is 1.62. The van der Waals surface area contributed by atoms with Crippen molar-refractivity contribution in [3.8, 4) is 5.75 Å². The lowest BCUT2D eigenvalue weighted by Gasteiger charge is -2.40. The minimum Gasteiger partial charge on any atom is -0.497 e. The largest absolute Gasteiger partial charge is 0.497 e. The van der Waals surface area contributed by atoms with Crippen LogP contribution >= 0.6 is 0 Å². The molecule has 1 aromatic carbocycles. The third-order valence-corrected chi connectivity index (χ3v) is 5.45. The number of ether oxygens (including phenoxy) is 1. The van der Waals surface area contributed by atoms with Gasteiger partial charge < -0.3 is 19.7 Å². The molecule has 0 aliphatic carbocycles. The molecule has 2 N–H and O–H groups in total. The average molecular weight is 387 g/mol. The lowest BCUT2D eigenvalue weighted by molar-refractivity contribution is -0.143. The van der Waals surface area contributed by atoms with Gasteiger partial charge in [-0.1, -0.05) is 20.8 Å². The highest BCUT2D eigenvalue weighted by atomic mass is 16.5. The third-order valence-electron chi connectivity index (χ3n) is 5.45. The van der Waals surface area contributed by atoms with Crippen LogP contribution in [-0.4, -0.2) is 52.1 Å². The van der Waals surface area contributed by atoms with Crippen LogP contribution in [-0.2, 0) is 16.0 Å². The van der Waals surface area contributed by atoms with E-state index in [4.69, 9.17) is 4.74 Å². The van der Waals surface area contributed by atoms with Crippen LogP contribution in [0.3, 0.4) is 0 Å². The number of carboxylic acids is 1. The van der Waals surface area contributed by atoms with Crippen molar-refractivity contribution in [3.05, 3.63) is 24.0 Å². The maximum Gasteiger partial charge on any atom is 0.303 e. The quantitative estimate of drug-likeness (QED) is 0.822. The second kappa shape index (κ2) is 7.81. The Kier molecular flexibility index (Phi) is 5.63. The van der Waals surface area contributed by atoms with Gasteiger partial charge in [0.1, 0.15) is 11.6 Å². The van der Waals surface area contributed by atoms with Gasteiger partial charge in [-0.15, -0.1) is 0 Å². The highest BCUT2D eigenvalue weighted by molar-refractivity contribution is 5.81. The van der Waals surface area contributed by atoms with E-state index < -0.39 is 11.4 Å². The van der Waals surface area contributed by atoms with Crippen molar-refractivity contribution >= 4 is 22.9 Å². The van der Waals surface area contributed by atoms with E-state index in [0.717, 1.165) is 22.6 Å². The van der Waals surface area contributed by atoms with E-state index in [1.807, 2.05) is 43.9 Å². The Labute approximate surface area is 165 Å². The Morgan fingerprint density at radius 3 is 2.71 bits per heavy atom. The first-order valence-corrected chi connectivity index (χ1v) is 9.71. The van der Waals surface area contributed by atoms with Crippen LogP contribution < -0.4 is 4.74 Å². The first kappa shape index (κ1) is 20.2. The van der Waals surface area contributed by atoms with Crippen LogP contribution in [0, 0.1) is 17.3 Å². The number of carbonyl (C=O) groups is 2. The van der Waals surface area contributed by atoms with Gasteiger partial charge in [-0.05, 0) is 30.4 Å². The van der Waals surface area contributed by atoms with Crippen LogP contribution in [0.5, 0.6) is 5.75 Å². The topological polar surface area (TPSA) is 95.5 Å². The Morgan fingerprint density at radius 2 is 2.07 bits per heavy atom. The van der Waals surface area contributed by atoms with Gasteiger partial charge in [0, 0.05) is 37.4 Å². The van der Waals surface area contributed by atoms with Gasteiger partial charge >= 0.3 is 5.97 Å². The lowest BCUT2D eigenvalue weighted by Crippen LogP contribution is -2.48. The molecule has 1 aliphatic heterocycles. The maximum absolute atomic E-state index is 12.7. The van der Waals surface area contributed by atoms with Gasteiger partial charge in [-0.25, -0.2) is 4.98 Å².